The molecule has 0 radical (unpaired) electrons. The van der Waals surface area contributed by atoms with Crippen LogP contribution in [0.2, 0.25) is 0 Å². The van der Waals surface area contributed by atoms with Gasteiger partial charge in [0.1, 0.15) is 5.69 Å². The number of aryl methyl sites for hydroxylation is 2. The Balaban J connectivity index is 2.14. The lowest BCUT2D eigenvalue weighted by molar-refractivity contribution is 0.0756. The Labute approximate surface area is 145 Å². The van der Waals surface area contributed by atoms with E-state index in [1.807, 2.05) is 32.9 Å². The van der Waals surface area contributed by atoms with Gasteiger partial charge in [0.25, 0.3) is 5.91 Å². The van der Waals surface area contributed by atoms with E-state index in [-0.39, 0.29) is 12.0 Å². The monoisotopic (exact) mass is 330 g/mol. The van der Waals surface area contributed by atoms with Gasteiger partial charge < -0.3 is 14.6 Å². The van der Waals surface area contributed by atoms with Crippen molar-refractivity contribution in [3.8, 4) is 0 Å². The molecule has 132 valence electrons. The van der Waals surface area contributed by atoms with Crippen molar-refractivity contribution in [3.05, 3.63) is 35.5 Å². The Morgan fingerprint density at radius 2 is 2.00 bits per heavy atom. The summed E-state index contributed by atoms with van der Waals surface area (Å²) in [4.78, 5) is 12.7. The number of hydrogen-bond acceptors (Lipinski definition) is 2. The molecule has 0 saturated carbocycles. The van der Waals surface area contributed by atoms with Gasteiger partial charge >= 0.3 is 0 Å². The van der Waals surface area contributed by atoms with Gasteiger partial charge in [0, 0.05) is 30.6 Å². The number of nitrogens with one attached hydrogen (secondary N) is 1. The van der Waals surface area contributed by atoms with Gasteiger partial charge in [-0.1, -0.05) is 31.5 Å². The molecule has 0 atom stereocenters. The second-order valence-corrected chi connectivity index (χ2v) is 6.52. The summed E-state index contributed by atoms with van der Waals surface area (Å²) >= 11 is 0. The number of aromatic nitrogens is 1. The summed E-state index contributed by atoms with van der Waals surface area (Å²) in [6, 6.07) is 8.27. The first-order valence-corrected chi connectivity index (χ1v) is 9.03. The van der Waals surface area contributed by atoms with Gasteiger partial charge in [-0.3, -0.25) is 4.79 Å². The summed E-state index contributed by atoms with van der Waals surface area (Å²) in [5.41, 5.74) is 3.02. The maximum absolute atomic E-state index is 12.7. The standard InChI is InChI=1S/C20H30N2O2/c1-5-6-13-22-18-11-8-7-10-17(18)16(4)19(22)20(23)21-12-9-14-24-15(2)3/h7-8,10-11,15H,5-6,9,12-14H2,1-4H3,(H,21,23). The number of carbonyl (C=O) groups excluding carboxylic acids is 1. The maximum Gasteiger partial charge on any atom is 0.268 e. The molecule has 1 N–H and O–H groups in total. The van der Waals surface area contributed by atoms with Crippen molar-refractivity contribution in [3.63, 3.8) is 0 Å². The topological polar surface area (TPSA) is 43.3 Å². The summed E-state index contributed by atoms with van der Waals surface area (Å²) in [5, 5.41) is 4.22. The SMILES string of the molecule is CCCCn1c(C(=O)NCCCOC(C)C)c(C)c2ccccc21. The van der Waals surface area contributed by atoms with E-state index in [4.69, 9.17) is 4.74 Å². The first kappa shape index (κ1) is 18.5. The van der Waals surface area contributed by atoms with Crippen LogP contribution in [0.15, 0.2) is 24.3 Å². The largest absolute Gasteiger partial charge is 0.379 e. The smallest absolute Gasteiger partial charge is 0.268 e. The van der Waals surface area contributed by atoms with E-state index in [0.29, 0.717) is 13.2 Å². The van der Waals surface area contributed by atoms with Crippen molar-refractivity contribution in [1.29, 1.82) is 0 Å². The van der Waals surface area contributed by atoms with E-state index in [1.165, 1.54) is 5.39 Å². The molecule has 0 bridgehead atoms. The van der Waals surface area contributed by atoms with Gasteiger partial charge in [-0.2, -0.15) is 0 Å². The van der Waals surface area contributed by atoms with Crippen molar-refractivity contribution in [2.24, 2.45) is 0 Å². The summed E-state index contributed by atoms with van der Waals surface area (Å²) in [5.74, 6) is 0.0179. The summed E-state index contributed by atoms with van der Waals surface area (Å²) in [6.45, 7) is 10.5. The molecule has 1 aromatic heterocycles. The minimum absolute atomic E-state index is 0.0179. The van der Waals surface area contributed by atoms with Gasteiger partial charge in [0.05, 0.1) is 6.10 Å². The van der Waals surface area contributed by atoms with E-state index in [9.17, 15) is 4.79 Å². The highest BCUT2D eigenvalue weighted by Gasteiger charge is 2.19. The fraction of sp³-hybridized carbons (Fsp3) is 0.550. The molecule has 0 unspecified atom stereocenters. The number of hydrogen-bond donors (Lipinski definition) is 1. The second kappa shape index (κ2) is 8.88. The minimum atomic E-state index is 0.0179. The number of carbonyl (C=O) groups is 1. The highest BCUT2D eigenvalue weighted by atomic mass is 16.5. The maximum atomic E-state index is 12.7. The fourth-order valence-electron chi connectivity index (χ4n) is 2.99. The van der Waals surface area contributed by atoms with E-state index in [0.717, 1.165) is 42.6 Å². The van der Waals surface area contributed by atoms with Gasteiger partial charge in [-0.05, 0) is 45.2 Å². The Morgan fingerprint density at radius 3 is 2.71 bits per heavy atom. The molecular weight excluding hydrogens is 300 g/mol. The van der Waals surface area contributed by atoms with E-state index in [1.54, 1.807) is 0 Å². The van der Waals surface area contributed by atoms with Crippen molar-refractivity contribution < 1.29 is 9.53 Å². The van der Waals surface area contributed by atoms with Crippen molar-refractivity contribution in [2.45, 2.75) is 59.6 Å². The lowest BCUT2D eigenvalue weighted by Crippen LogP contribution is -2.28. The Hall–Kier alpha value is -1.81. The number of amides is 1. The zero-order valence-corrected chi connectivity index (χ0v) is 15.4. The molecule has 1 amide bonds. The summed E-state index contributed by atoms with van der Waals surface area (Å²) in [6.07, 6.45) is 3.25. The number of para-hydroxylation sites is 1. The van der Waals surface area contributed by atoms with Gasteiger partial charge in [0.15, 0.2) is 0 Å². The van der Waals surface area contributed by atoms with Crippen molar-refractivity contribution in [2.75, 3.05) is 13.2 Å². The Morgan fingerprint density at radius 1 is 1.25 bits per heavy atom. The molecule has 0 aliphatic carbocycles. The van der Waals surface area contributed by atoms with Crippen LogP contribution in [0.25, 0.3) is 10.9 Å². The molecule has 0 fully saturated rings. The zero-order valence-electron chi connectivity index (χ0n) is 15.4. The molecular formula is C20H30N2O2. The lowest BCUT2D eigenvalue weighted by Gasteiger charge is -2.12. The minimum Gasteiger partial charge on any atom is -0.379 e. The number of nitrogens with zero attached hydrogens (tertiary/aromatic N) is 1. The third-order valence-electron chi connectivity index (χ3n) is 4.23. The highest BCUT2D eigenvalue weighted by Crippen LogP contribution is 2.26. The first-order valence-electron chi connectivity index (χ1n) is 9.03. The predicted octanol–water partition coefficient (Wildman–Crippen LogP) is 4.29. The van der Waals surface area contributed by atoms with Crippen molar-refractivity contribution >= 4 is 16.8 Å². The highest BCUT2D eigenvalue weighted by molar-refractivity contribution is 6.01. The Bertz CT molecular complexity index is 674. The molecule has 4 nitrogen and oxygen atoms in total. The molecule has 24 heavy (non-hydrogen) atoms. The number of fused-ring (bicyclic) bond motifs is 1. The van der Waals surface area contributed by atoms with Crippen LogP contribution in [0.1, 0.15) is 56.1 Å². The van der Waals surface area contributed by atoms with Gasteiger partial charge in [-0.25, -0.2) is 0 Å². The zero-order chi connectivity index (χ0) is 17.5. The quantitative estimate of drug-likeness (QED) is 0.697. The molecule has 4 heteroatoms. The van der Waals surface area contributed by atoms with Crippen LogP contribution in [-0.2, 0) is 11.3 Å². The third kappa shape index (κ3) is 4.38. The molecule has 0 aliphatic rings. The second-order valence-electron chi connectivity index (χ2n) is 6.52. The van der Waals surface area contributed by atoms with E-state index in [2.05, 4.69) is 28.9 Å². The third-order valence-corrected chi connectivity index (χ3v) is 4.23. The van der Waals surface area contributed by atoms with Crippen LogP contribution >= 0.6 is 0 Å². The van der Waals surface area contributed by atoms with Crippen molar-refractivity contribution in [1.82, 2.24) is 9.88 Å². The predicted molar refractivity (Wildman–Crippen MR) is 99.6 cm³/mol. The van der Waals surface area contributed by atoms with E-state index >= 15 is 0 Å². The normalized spacial score (nSPS) is 11.4. The van der Waals surface area contributed by atoms with Crippen LogP contribution in [-0.4, -0.2) is 29.7 Å². The summed E-state index contributed by atoms with van der Waals surface area (Å²) in [7, 11) is 0. The number of ether oxygens (including phenoxy) is 1. The van der Waals surface area contributed by atoms with Gasteiger partial charge in [-0.15, -0.1) is 0 Å². The molecule has 2 aromatic rings. The summed E-state index contributed by atoms with van der Waals surface area (Å²) < 4.78 is 7.70. The van der Waals surface area contributed by atoms with Crippen LogP contribution < -0.4 is 5.32 Å². The number of unbranched alkanes of at least 4 members (excludes halogenated alkanes) is 1. The van der Waals surface area contributed by atoms with Crippen LogP contribution in [0.4, 0.5) is 0 Å². The lowest BCUT2D eigenvalue weighted by atomic mass is 10.1. The molecule has 1 heterocycles. The van der Waals surface area contributed by atoms with E-state index < -0.39 is 0 Å². The van der Waals surface area contributed by atoms with Crippen LogP contribution in [0.5, 0.6) is 0 Å². The Kier molecular flexibility index (Phi) is 6.85. The molecule has 2 rings (SSSR count). The molecule has 0 aliphatic heterocycles. The van der Waals surface area contributed by atoms with Crippen LogP contribution in [0, 0.1) is 6.92 Å². The average molecular weight is 330 g/mol. The number of benzene rings is 1. The first-order chi connectivity index (χ1) is 11.6. The fourth-order valence-corrected chi connectivity index (χ4v) is 2.99. The number of rotatable bonds is 9. The molecule has 0 saturated heterocycles. The molecule has 0 spiro atoms. The van der Waals surface area contributed by atoms with Crippen LogP contribution in [0.3, 0.4) is 0 Å². The average Bonchev–Trinajstić information content (AvgIpc) is 2.85. The van der Waals surface area contributed by atoms with Gasteiger partial charge in [0.2, 0.25) is 0 Å². The molecule has 1 aromatic carbocycles.